The van der Waals surface area contributed by atoms with Crippen LogP contribution in [0, 0.1) is 12.3 Å². The van der Waals surface area contributed by atoms with Crippen molar-refractivity contribution in [1.29, 1.82) is 0 Å². The highest BCUT2D eigenvalue weighted by Crippen LogP contribution is 2.47. The normalized spacial score (nSPS) is 18.6. The zero-order valence-electron chi connectivity index (χ0n) is 12.9. The fraction of sp³-hybridized carbons (Fsp3) is 0.733. The number of aryl methyl sites for hydroxylation is 1. The summed E-state index contributed by atoms with van der Waals surface area (Å²) in [6.45, 7) is 9.12. The number of aromatic nitrogens is 1. The van der Waals surface area contributed by atoms with Crippen LogP contribution in [0.3, 0.4) is 0 Å². The van der Waals surface area contributed by atoms with Crippen LogP contribution >= 0.6 is 11.3 Å². The molecule has 1 heterocycles. The number of aliphatic carboxylic acids is 1. The zero-order valence-corrected chi connectivity index (χ0v) is 13.8. The van der Waals surface area contributed by atoms with Crippen LogP contribution in [0.4, 0.5) is 0 Å². The summed E-state index contributed by atoms with van der Waals surface area (Å²) < 4.78 is 0. The molecule has 1 saturated carbocycles. The Labute approximate surface area is 124 Å². The molecule has 0 amide bonds. The third-order valence-electron chi connectivity index (χ3n) is 4.24. The van der Waals surface area contributed by atoms with Gasteiger partial charge in [0, 0.05) is 23.4 Å². The molecule has 1 aromatic rings. The molecule has 5 heteroatoms. The van der Waals surface area contributed by atoms with Gasteiger partial charge in [-0.1, -0.05) is 13.8 Å². The molecule has 4 nitrogen and oxygen atoms in total. The smallest absolute Gasteiger partial charge is 0.310 e. The fourth-order valence-electron chi connectivity index (χ4n) is 2.47. The van der Waals surface area contributed by atoms with Gasteiger partial charge in [-0.2, -0.15) is 0 Å². The molecule has 20 heavy (non-hydrogen) atoms. The number of carboxylic acid groups (broad SMARTS) is 1. The van der Waals surface area contributed by atoms with E-state index in [0.717, 1.165) is 23.5 Å². The average Bonchev–Trinajstić information content (AvgIpc) is 3.04. The summed E-state index contributed by atoms with van der Waals surface area (Å²) in [5.74, 6) is -0.209. The molecule has 1 aliphatic rings. The van der Waals surface area contributed by atoms with E-state index < -0.39 is 11.4 Å². The van der Waals surface area contributed by atoms with Crippen molar-refractivity contribution in [1.82, 2.24) is 9.88 Å². The minimum absolute atomic E-state index is 0.219. The van der Waals surface area contributed by atoms with Gasteiger partial charge in [0.25, 0.3) is 0 Å². The van der Waals surface area contributed by atoms with Crippen LogP contribution in [0.15, 0.2) is 0 Å². The van der Waals surface area contributed by atoms with Gasteiger partial charge in [-0.15, -0.1) is 11.3 Å². The largest absolute Gasteiger partial charge is 0.481 e. The number of carboxylic acids is 1. The van der Waals surface area contributed by atoms with Crippen LogP contribution in [0.2, 0.25) is 0 Å². The lowest BCUT2D eigenvalue weighted by atomic mass is 10.1. The summed E-state index contributed by atoms with van der Waals surface area (Å²) in [6, 6.07) is 0.219. The fourth-order valence-corrected chi connectivity index (χ4v) is 3.66. The quantitative estimate of drug-likeness (QED) is 0.874. The summed E-state index contributed by atoms with van der Waals surface area (Å²) in [5, 5.41) is 10.5. The van der Waals surface area contributed by atoms with E-state index in [1.807, 2.05) is 14.0 Å². The van der Waals surface area contributed by atoms with Crippen LogP contribution in [-0.4, -0.2) is 34.6 Å². The molecule has 1 unspecified atom stereocenters. The van der Waals surface area contributed by atoms with E-state index in [2.05, 4.69) is 30.7 Å². The van der Waals surface area contributed by atoms with Gasteiger partial charge in [0.1, 0.15) is 0 Å². The minimum atomic E-state index is -0.652. The molecule has 0 radical (unpaired) electrons. The molecule has 0 spiro atoms. The highest BCUT2D eigenvalue weighted by atomic mass is 32.1. The first-order valence-electron chi connectivity index (χ1n) is 7.17. The first kappa shape index (κ1) is 15.4. The van der Waals surface area contributed by atoms with E-state index in [0.29, 0.717) is 12.5 Å². The summed E-state index contributed by atoms with van der Waals surface area (Å²) in [5.41, 5.74) is 0.584. The second kappa shape index (κ2) is 5.45. The lowest BCUT2D eigenvalue weighted by Crippen LogP contribution is -2.33. The molecule has 0 bridgehead atoms. The number of thiazole rings is 1. The first-order chi connectivity index (χ1) is 9.27. The molecule has 0 aliphatic heterocycles. The van der Waals surface area contributed by atoms with Crippen LogP contribution in [-0.2, 0) is 4.79 Å². The maximum atomic E-state index is 11.3. The van der Waals surface area contributed by atoms with Gasteiger partial charge in [0.15, 0.2) is 0 Å². The van der Waals surface area contributed by atoms with Gasteiger partial charge >= 0.3 is 5.97 Å². The molecular formula is C15H24N2O2S. The predicted octanol–water partition coefficient (Wildman–Crippen LogP) is 3.43. The second-order valence-corrected chi connectivity index (χ2v) is 7.40. The van der Waals surface area contributed by atoms with E-state index in [1.165, 1.54) is 4.88 Å². The number of rotatable bonds is 6. The third-order valence-corrected chi connectivity index (χ3v) is 5.87. The molecule has 0 saturated heterocycles. The Hall–Kier alpha value is -0.940. The van der Waals surface area contributed by atoms with Crippen molar-refractivity contribution in [3.8, 4) is 0 Å². The maximum Gasteiger partial charge on any atom is 0.310 e. The molecule has 1 N–H and O–H groups in total. The van der Waals surface area contributed by atoms with E-state index >= 15 is 0 Å². The Balaban J connectivity index is 2.11. The van der Waals surface area contributed by atoms with E-state index in [-0.39, 0.29) is 6.04 Å². The van der Waals surface area contributed by atoms with Crippen LogP contribution in [0.1, 0.15) is 61.2 Å². The first-order valence-corrected chi connectivity index (χ1v) is 7.99. The Morgan fingerprint density at radius 3 is 2.45 bits per heavy atom. The number of nitrogens with zero attached hydrogens (tertiary/aromatic N) is 2. The Bertz CT molecular complexity index is 506. The molecule has 1 fully saturated rings. The van der Waals surface area contributed by atoms with Gasteiger partial charge in [-0.25, -0.2) is 4.98 Å². The molecule has 1 aliphatic carbocycles. The van der Waals surface area contributed by atoms with Crippen LogP contribution in [0.5, 0.6) is 0 Å². The van der Waals surface area contributed by atoms with Crippen molar-refractivity contribution in [2.45, 2.75) is 52.5 Å². The van der Waals surface area contributed by atoms with Crippen LogP contribution in [0.25, 0.3) is 0 Å². The summed E-state index contributed by atoms with van der Waals surface area (Å²) in [4.78, 5) is 19.4. The Morgan fingerprint density at radius 2 is 2.05 bits per heavy atom. The van der Waals surface area contributed by atoms with E-state index in [4.69, 9.17) is 0 Å². The minimum Gasteiger partial charge on any atom is -0.481 e. The van der Waals surface area contributed by atoms with Crippen LogP contribution < -0.4 is 0 Å². The van der Waals surface area contributed by atoms with Gasteiger partial charge in [0.2, 0.25) is 0 Å². The maximum absolute atomic E-state index is 11.3. The highest BCUT2D eigenvalue weighted by Gasteiger charge is 2.51. The SMILES string of the molecule is Cc1nc(C(C)C)sc1C(C)N(C)CC1(C(=O)O)CC1. The predicted molar refractivity (Wildman–Crippen MR) is 81.3 cm³/mol. The Morgan fingerprint density at radius 1 is 1.45 bits per heavy atom. The topological polar surface area (TPSA) is 53.4 Å². The van der Waals surface area contributed by atoms with Gasteiger partial charge in [-0.05, 0) is 33.7 Å². The van der Waals surface area contributed by atoms with Crippen molar-refractivity contribution < 1.29 is 9.90 Å². The van der Waals surface area contributed by atoms with E-state index in [1.54, 1.807) is 11.3 Å². The summed E-state index contributed by atoms with van der Waals surface area (Å²) in [7, 11) is 2.02. The summed E-state index contributed by atoms with van der Waals surface area (Å²) in [6.07, 6.45) is 1.61. The Kier molecular flexibility index (Phi) is 4.21. The van der Waals surface area contributed by atoms with Gasteiger partial charge < -0.3 is 5.11 Å². The second-order valence-electron chi connectivity index (χ2n) is 6.33. The highest BCUT2D eigenvalue weighted by molar-refractivity contribution is 7.11. The van der Waals surface area contributed by atoms with Crippen molar-refractivity contribution in [2.75, 3.05) is 13.6 Å². The third kappa shape index (κ3) is 2.88. The van der Waals surface area contributed by atoms with Crippen molar-refractivity contribution in [3.63, 3.8) is 0 Å². The average molecular weight is 296 g/mol. The monoisotopic (exact) mass is 296 g/mol. The number of hydrogen-bond donors (Lipinski definition) is 1. The summed E-state index contributed by atoms with van der Waals surface area (Å²) >= 11 is 1.76. The van der Waals surface area contributed by atoms with Crippen molar-refractivity contribution in [3.05, 3.63) is 15.6 Å². The molecular weight excluding hydrogens is 272 g/mol. The van der Waals surface area contributed by atoms with E-state index in [9.17, 15) is 9.90 Å². The zero-order chi connectivity index (χ0) is 15.1. The van der Waals surface area contributed by atoms with Gasteiger partial charge in [0.05, 0.1) is 16.1 Å². The molecule has 1 aromatic heterocycles. The van der Waals surface area contributed by atoms with Crippen molar-refractivity contribution in [2.24, 2.45) is 5.41 Å². The lowest BCUT2D eigenvalue weighted by Gasteiger charge is -2.27. The molecule has 1 atom stereocenters. The standard InChI is InChI=1S/C15H24N2O2S/c1-9(2)13-16-10(3)12(20-13)11(4)17(5)8-15(6-7-15)14(18)19/h9,11H,6-8H2,1-5H3,(H,18,19). The lowest BCUT2D eigenvalue weighted by molar-refractivity contribution is -0.144. The molecule has 2 rings (SSSR count). The van der Waals surface area contributed by atoms with Gasteiger partial charge in [-0.3, -0.25) is 9.69 Å². The number of hydrogen-bond acceptors (Lipinski definition) is 4. The molecule has 0 aromatic carbocycles. The van der Waals surface area contributed by atoms with Crippen molar-refractivity contribution >= 4 is 17.3 Å². The molecule has 112 valence electrons. The number of carbonyl (C=O) groups is 1.